The lowest BCUT2D eigenvalue weighted by Crippen LogP contribution is -2.48. The van der Waals surface area contributed by atoms with Crippen molar-refractivity contribution in [1.82, 2.24) is 20.5 Å². The largest absolute Gasteiger partial charge is 0.357 e. The Hall–Kier alpha value is -0.410. The molecule has 1 aliphatic heterocycles. The highest BCUT2D eigenvalue weighted by molar-refractivity contribution is 14.0. The topological polar surface area (TPSA) is 52.5 Å². The molecule has 2 N–H and O–H groups in total. The van der Waals surface area contributed by atoms with Crippen molar-refractivity contribution in [1.29, 1.82) is 0 Å². The minimum Gasteiger partial charge on any atom is -0.357 e. The van der Waals surface area contributed by atoms with E-state index in [9.17, 15) is 0 Å². The Kier molecular flexibility index (Phi) is 12.5. The molecule has 5 nitrogen and oxygen atoms in total. The summed E-state index contributed by atoms with van der Waals surface area (Å²) in [7, 11) is 0. The highest BCUT2D eigenvalue weighted by Crippen LogP contribution is 2.14. The van der Waals surface area contributed by atoms with Gasteiger partial charge in [-0.25, -0.2) is 4.98 Å². The van der Waals surface area contributed by atoms with Gasteiger partial charge in [0.05, 0.1) is 5.01 Å². The van der Waals surface area contributed by atoms with E-state index < -0.39 is 0 Å². The van der Waals surface area contributed by atoms with Gasteiger partial charge in [0.25, 0.3) is 0 Å². The number of thiazole rings is 1. The maximum absolute atomic E-state index is 4.75. The van der Waals surface area contributed by atoms with Gasteiger partial charge in [0.2, 0.25) is 0 Å². The van der Waals surface area contributed by atoms with E-state index >= 15 is 0 Å². The maximum Gasteiger partial charge on any atom is 0.191 e. The molecule has 1 aliphatic rings. The Morgan fingerprint density at radius 3 is 2.69 bits per heavy atom. The molecule has 7 heteroatoms. The number of aromatic nitrogens is 1. The molecule has 1 fully saturated rings. The standard InChI is InChI=1S/C19H35N5S.HI/c1-4-7-12-24-13-9-16(10-14-24)23-19(20-6-3)21-11-8-18-22-15-17(5-2)25-18;/h15-16H,4-14H2,1-3H3,(H2,20,21,23);1H. The third-order valence-corrected chi connectivity index (χ3v) is 5.85. The van der Waals surface area contributed by atoms with Crippen LogP contribution in [0.1, 0.15) is 56.3 Å². The molecule has 2 rings (SSSR count). The minimum atomic E-state index is 0. The molecule has 150 valence electrons. The van der Waals surface area contributed by atoms with E-state index in [-0.39, 0.29) is 24.0 Å². The summed E-state index contributed by atoms with van der Waals surface area (Å²) in [5, 5.41) is 8.21. The number of aryl methyl sites for hydroxylation is 1. The van der Waals surface area contributed by atoms with Crippen molar-refractivity contribution in [3.63, 3.8) is 0 Å². The van der Waals surface area contributed by atoms with E-state index in [0.29, 0.717) is 6.04 Å². The van der Waals surface area contributed by atoms with Gasteiger partial charge in [-0.3, -0.25) is 4.99 Å². The summed E-state index contributed by atoms with van der Waals surface area (Å²) in [6, 6.07) is 0.544. The van der Waals surface area contributed by atoms with Crippen LogP contribution in [0.3, 0.4) is 0 Å². The van der Waals surface area contributed by atoms with Crippen LogP contribution in [-0.4, -0.2) is 54.6 Å². The van der Waals surface area contributed by atoms with Gasteiger partial charge in [0, 0.05) is 49.7 Å². The highest BCUT2D eigenvalue weighted by atomic mass is 127. The number of nitrogens with zero attached hydrogens (tertiary/aromatic N) is 3. The average Bonchev–Trinajstić information content (AvgIpc) is 3.09. The van der Waals surface area contributed by atoms with Crippen molar-refractivity contribution < 1.29 is 0 Å². The summed E-state index contributed by atoms with van der Waals surface area (Å²) in [4.78, 5) is 13.2. The SMILES string of the molecule is CCCCN1CCC(NC(=NCCc2ncc(CC)s2)NCC)CC1.I. The van der Waals surface area contributed by atoms with Crippen LogP contribution in [0.2, 0.25) is 0 Å². The van der Waals surface area contributed by atoms with Crippen molar-refractivity contribution >= 4 is 41.3 Å². The summed E-state index contributed by atoms with van der Waals surface area (Å²) in [6.07, 6.45) is 9.02. The van der Waals surface area contributed by atoms with Crippen LogP contribution in [0.4, 0.5) is 0 Å². The van der Waals surface area contributed by atoms with Gasteiger partial charge in [-0.1, -0.05) is 20.3 Å². The Balaban J connectivity index is 0.00000338. The van der Waals surface area contributed by atoms with Crippen molar-refractivity contribution in [2.45, 2.75) is 65.3 Å². The van der Waals surface area contributed by atoms with E-state index in [0.717, 1.165) is 31.9 Å². The van der Waals surface area contributed by atoms with E-state index in [2.05, 4.69) is 41.3 Å². The molecule has 1 saturated heterocycles. The van der Waals surface area contributed by atoms with Gasteiger partial charge in [-0.15, -0.1) is 35.3 Å². The molecule has 0 aliphatic carbocycles. The molecule has 2 heterocycles. The second-order valence-corrected chi connectivity index (χ2v) is 7.90. The number of piperidine rings is 1. The normalized spacial score (nSPS) is 16.3. The monoisotopic (exact) mass is 493 g/mol. The van der Waals surface area contributed by atoms with Crippen molar-refractivity contribution in [2.75, 3.05) is 32.7 Å². The fraction of sp³-hybridized carbons (Fsp3) is 0.789. The molecule has 0 saturated carbocycles. The van der Waals surface area contributed by atoms with Crippen LogP contribution in [0.5, 0.6) is 0 Å². The highest BCUT2D eigenvalue weighted by Gasteiger charge is 2.19. The molecule has 0 atom stereocenters. The van der Waals surface area contributed by atoms with Gasteiger partial charge >= 0.3 is 0 Å². The quantitative estimate of drug-likeness (QED) is 0.313. The number of hydrogen-bond acceptors (Lipinski definition) is 4. The number of unbranched alkanes of at least 4 members (excludes halogenated alkanes) is 1. The Labute approximate surface area is 180 Å². The Bertz CT molecular complexity index is 512. The van der Waals surface area contributed by atoms with Crippen LogP contribution < -0.4 is 10.6 Å². The van der Waals surface area contributed by atoms with Crippen LogP contribution >= 0.6 is 35.3 Å². The fourth-order valence-electron chi connectivity index (χ4n) is 3.09. The molecule has 26 heavy (non-hydrogen) atoms. The number of likely N-dealkylation sites (tertiary alicyclic amines) is 1. The van der Waals surface area contributed by atoms with E-state index in [4.69, 9.17) is 4.99 Å². The van der Waals surface area contributed by atoms with Crippen molar-refractivity contribution in [2.24, 2.45) is 4.99 Å². The van der Waals surface area contributed by atoms with Crippen LogP contribution in [0.25, 0.3) is 0 Å². The number of hydrogen-bond donors (Lipinski definition) is 2. The molecule has 0 aromatic carbocycles. The lowest BCUT2D eigenvalue weighted by atomic mass is 10.0. The zero-order valence-corrected chi connectivity index (χ0v) is 19.7. The second-order valence-electron chi connectivity index (χ2n) is 6.70. The van der Waals surface area contributed by atoms with Crippen LogP contribution in [-0.2, 0) is 12.8 Å². The molecule has 0 bridgehead atoms. The molecule has 0 amide bonds. The van der Waals surface area contributed by atoms with Crippen molar-refractivity contribution in [3.05, 3.63) is 16.1 Å². The van der Waals surface area contributed by atoms with Crippen LogP contribution in [0.15, 0.2) is 11.2 Å². The molecule has 1 aromatic heterocycles. The first kappa shape index (κ1) is 23.6. The molecular formula is C19H36IN5S. The third kappa shape index (κ3) is 8.52. The second kappa shape index (κ2) is 13.7. The zero-order valence-electron chi connectivity index (χ0n) is 16.6. The first-order valence-electron chi connectivity index (χ1n) is 9.95. The third-order valence-electron chi connectivity index (χ3n) is 4.65. The summed E-state index contributed by atoms with van der Waals surface area (Å²) >= 11 is 1.81. The zero-order chi connectivity index (χ0) is 17.9. The Morgan fingerprint density at radius 2 is 2.08 bits per heavy atom. The van der Waals surface area contributed by atoms with E-state index in [1.165, 1.54) is 55.2 Å². The molecule has 0 radical (unpaired) electrons. The van der Waals surface area contributed by atoms with Gasteiger partial charge in [-0.2, -0.15) is 0 Å². The summed E-state index contributed by atoms with van der Waals surface area (Å²) in [5.41, 5.74) is 0. The molecule has 0 unspecified atom stereocenters. The summed E-state index contributed by atoms with van der Waals surface area (Å²) in [6.45, 7) is 11.9. The number of aliphatic imine (C=N–C) groups is 1. The number of halogens is 1. The van der Waals surface area contributed by atoms with E-state index in [1.807, 2.05) is 17.5 Å². The minimum absolute atomic E-state index is 0. The summed E-state index contributed by atoms with van der Waals surface area (Å²) in [5.74, 6) is 0.960. The lowest BCUT2D eigenvalue weighted by Gasteiger charge is -2.33. The predicted molar refractivity (Wildman–Crippen MR) is 124 cm³/mol. The van der Waals surface area contributed by atoms with Gasteiger partial charge in [0.1, 0.15) is 0 Å². The first-order valence-corrected chi connectivity index (χ1v) is 10.8. The van der Waals surface area contributed by atoms with Crippen LogP contribution in [0, 0.1) is 0 Å². The van der Waals surface area contributed by atoms with Gasteiger partial charge < -0.3 is 15.5 Å². The summed E-state index contributed by atoms with van der Waals surface area (Å²) < 4.78 is 0. The molecular weight excluding hydrogens is 457 g/mol. The van der Waals surface area contributed by atoms with Gasteiger partial charge in [-0.05, 0) is 39.2 Å². The number of guanidine groups is 1. The Morgan fingerprint density at radius 1 is 1.31 bits per heavy atom. The number of rotatable bonds is 9. The number of nitrogens with one attached hydrogen (secondary N) is 2. The average molecular weight is 494 g/mol. The lowest BCUT2D eigenvalue weighted by molar-refractivity contribution is 0.203. The molecule has 1 aromatic rings. The van der Waals surface area contributed by atoms with Crippen molar-refractivity contribution in [3.8, 4) is 0 Å². The first-order chi connectivity index (χ1) is 12.2. The molecule has 0 spiro atoms. The fourth-order valence-corrected chi connectivity index (χ4v) is 3.94. The van der Waals surface area contributed by atoms with Gasteiger partial charge in [0.15, 0.2) is 5.96 Å². The smallest absolute Gasteiger partial charge is 0.191 e. The van der Waals surface area contributed by atoms with E-state index in [1.54, 1.807) is 0 Å². The maximum atomic E-state index is 4.75. The predicted octanol–water partition coefficient (Wildman–Crippen LogP) is 3.69.